The number of amides is 1. The third kappa shape index (κ3) is 6.18. The lowest BCUT2D eigenvalue weighted by molar-refractivity contribution is -0.149. The highest BCUT2D eigenvalue weighted by Crippen LogP contribution is 2.32. The van der Waals surface area contributed by atoms with Crippen molar-refractivity contribution in [1.29, 1.82) is 0 Å². The van der Waals surface area contributed by atoms with E-state index in [-0.39, 0.29) is 47.7 Å². The van der Waals surface area contributed by atoms with Gasteiger partial charge in [-0.15, -0.1) is 24.8 Å². The molecule has 0 bridgehead atoms. The van der Waals surface area contributed by atoms with Gasteiger partial charge in [-0.1, -0.05) is 6.07 Å². The van der Waals surface area contributed by atoms with Gasteiger partial charge in [0.05, 0.1) is 19.1 Å². The van der Waals surface area contributed by atoms with Gasteiger partial charge in [-0.25, -0.2) is 4.39 Å². The van der Waals surface area contributed by atoms with Crippen LogP contribution in [0.3, 0.4) is 0 Å². The number of carbonyl (C=O) groups is 1. The minimum Gasteiger partial charge on any atom is -0.494 e. The highest BCUT2D eigenvalue weighted by molar-refractivity contribution is 5.85. The van der Waals surface area contributed by atoms with Crippen LogP contribution in [-0.4, -0.2) is 75.8 Å². The van der Waals surface area contributed by atoms with Gasteiger partial charge in [0.15, 0.2) is 11.6 Å². The Bertz CT molecular complexity index is 646. The third-order valence-electron chi connectivity index (χ3n) is 5.72. The van der Waals surface area contributed by atoms with E-state index in [1.54, 1.807) is 13.2 Å². The average Bonchev–Trinajstić information content (AvgIpc) is 2.69. The SMILES string of the molecule is COCC1(C(=O)N2CCN(Cc3ccc(OC)c(F)c3)CC2)CCNCC1.Cl.Cl. The number of benzene rings is 1. The Morgan fingerprint density at radius 1 is 1.14 bits per heavy atom. The summed E-state index contributed by atoms with van der Waals surface area (Å²) < 4.78 is 24.2. The van der Waals surface area contributed by atoms with E-state index in [1.807, 2.05) is 11.0 Å². The molecule has 1 aromatic carbocycles. The lowest BCUT2D eigenvalue weighted by Gasteiger charge is -2.42. The van der Waals surface area contributed by atoms with Gasteiger partial charge >= 0.3 is 0 Å². The van der Waals surface area contributed by atoms with Crippen LogP contribution in [0.25, 0.3) is 0 Å². The summed E-state index contributed by atoms with van der Waals surface area (Å²) in [5, 5.41) is 3.33. The van der Waals surface area contributed by atoms with Crippen LogP contribution in [-0.2, 0) is 16.1 Å². The van der Waals surface area contributed by atoms with Crippen LogP contribution in [0, 0.1) is 11.2 Å². The molecule has 0 unspecified atom stereocenters. The predicted molar refractivity (Wildman–Crippen MR) is 116 cm³/mol. The van der Waals surface area contributed by atoms with Gasteiger partial charge in [0.2, 0.25) is 5.91 Å². The highest BCUT2D eigenvalue weighted by Gasteiger charge is 2.42. The van der Waals surface area contributed by atoms with Crippen molar-refractivity contribution in [3.63, 3.8) is 0 Å². The molecule has 1 N–H and O–H groups in total. The predicted octanol–water partition coefficient (Wildman–Crippen LogP) is 2.34. The van der Waals surface area contributed by atoms with Crippen molar-refractivity contribution >= 4 is 30.7 Å². The molecular weight excluding hydrogens is 420 g/mol. The summed E-state index contributed by atoms with van der Waals surface area (Å²) >= 11 is 0. The maximum atomic E-state index is 13.9. The molecule has 6 nitrogen and oxygen atoms in total. The van der Waals surface area contributed by atoms with E-state index in [9.17, 15) is 9.18 Å². The van der Waals surface area contributed by atoms with Gasteiger partial charge in [0.1, 0.15) is 0 Å². The second-order valence-electron chi connectivity index (χ2n) is 7.50. The fraction of sp³-hybridized carbons (Fsp3) is 0.650. The molecule has 2 aliphatic rings. The fourth-order valence-corrected chi connectivity index (χ4v) is 4.11. The zero-order valence-electron chi connectivity index (χ0n) is 17.1. The zero-order valence-corrected chi connectivity index (χ0v) is 18.7. The number of nitrogens with one attached hydrogen (secondary N) is 1. The van der Waals surface area contributed by atoms with Crippen molar-refractivity contribution in [3.05, 3.63) is 29.6 Å². The van der Waals surface area contributed by atoms with Gasteiger partial charge in [0, 0.05) is 39.8 Å². The number of piperazine rings is 1. The van der Waals surface area contributed by atoms with E-state index in [2.05, 4.69) is 10.2 Å². The maximum absolute atomic E-state index is 13.9. The van der Waals surface area contributed by atoms with E-state index < -0.39 is 0 Å². The lowest BCUT2D eigenvalue weighted by Crippen LogP contribution is -2.56. The molecule has 0 aromatic heterocycles. The summed E-state index contributed by atoms with van der Waals surface area (Å²) in [6, 6.07) is 5.08. The lowest BCUT2D eigenvalue weighted by atomic mass is 9.78. The number of hydrogen-bond acceptors (Lipinski definition) is 5. The number of nitrogens with zero attached hydrogens (tertiary/aromatic N) is 2. The van der Waals surface area contributed by atoms with Crippen molar-refractivity contribution in [2.45, 2.75) is 19.4 Å². The smallest absolute Gasteiger partial charge is 0.231 e. The minimum absolute atomic E-state index is 0. The van der Waals surface area contributed by atoms with Crippen molar-refractivity contribution in [1.82, 2.24) is 15.1 Å². The van der Waals surface area contributed by atoms with E-state index in [0.29, 0.717) is 26.2 Å². The summed E-state index contributed by atoms with van der Waals surface area (Å²) in [7, 11) is 3.13. The van der Waals surface area contributed by atoms with Crippen LogP contribution < -0.4 is 10.1 Å². The van der Waals surface area contributed by atoms with Crippen molar-refractivity contribution in [2.24, 2.45) is 5.41 Å². The largest absolute Gasteiger partial charge is 0.494 e. The van der Waals surface area contributed by atoms with Crippen molar-refractivity contribution in [2.75, 3.05) is 60.1 Å². The third-order valence-corrected chi connectivity index (χ3v) is 5.72. The molecule has 0 aliphatic carbocycles. The van der Waals surface area contributed by atoms with Crippen molar-refractivity contribution < 1.29 is 18.7 Å². The highest BCUT2D eigenvalue weighted by atomic mass is 35.5. The second kappa shape index (κ2) is 11.9. The Morgan fingerprint density at radius 2 is 1.79 bits per heavy atom. The molecule has 0 spiro atoms. The van der Waals surface area contributed by atoms with Crippen molar-refractivity contribution in [3.8, 4) is 5.75 Å². The molecule has 2 fully saturated rings. The molecule has 3 rings (SSSR count). The Kier molecular flexibility index (Phi) is 10.6. The minimum atomic E-state index is -0.388. The van der Waals surface area contributed by atoms with Gasteiger partial charge in [0.25, 0.3) is 0 Å². The summed E-state index contributed by atoms with van der Waals surface area (Å²) in [6.07, 6.45) is 1.65. The monoisotopic (exact) mass is 451 g/mol. The Morgan fingerprint density at radius 3 is 2.34 bits per heavy atom. The van der Waals surface area contributed by atoms with Gasteiger partial charge in [-0.2, -0.15) is 0 Å². The maximum Gasteiger partial charge on any atom is 0.231 e. The van der Waals surface area contributed by atoms with Gasteiger partial charge in [-0.05, 0) is 43.6 Å². The summed E-state index contributed by atoms with van der Waals surface area (Å²) in [5.74, 6) is 0.150. The molecule has 166 valence electrons. The van der Waals surface area contributed by atoms with Crippen LogP contribution in [0.5, 0.6) is 5.75 Å². The quantitative estimate of drug-likeness (QED) is 0.719. The first kappa shape index (κ1) is 25.9. The van der Waals surface area contributed by atoms with Gasteiger partial charge in [-0.3, -0.25) is 9.69 Å². The number of hydrogen-bond donors (Lipinski definition) is 1. The molecule has 1 aromatic rings. The molecule has 29 heavy (non-hydrogen) atoms. The average molecular weight is 452 g/mol. The summed E-state index contributed by atoms with van der Waals surface area (Å²) in [4.78, 5) is 17.4. The molecule has 1 amide bonds. The van der Waals surface area contributed by atoms with E-state index in [0.717, 1.165) is 44.6 Å². The van der Waals surface area contributed by atoms with Crippen LogP contribution >= 0.6 is 24.8 Å². The molecule has 9 heteroatoms. The molecule has 0 saturated carbocycles. The first-order valence-electron chi connectivity index (χ1n) is 9.62. The Hall–Kier alpha value is -1.12. The number of methoxy groups -OCH3 is 2. The normalized spacial score (nSPS) is 19.1. The van der Waals surface area contributed by atoms with E-state index in [1.165, 1.54) is 13.2 Å². The number of ether oxygens (including phenoxy) is 2. The van der Waals surface area contributed by atoms with E-state index >= 15 is 0 Å². The Labute approximate surface area is 184 Å². The molecule has 0 radical (unpaired) electrons. The number of halogens is 3. The van der Waals surface area contributed by atoms with Crippen LogP contribution in [0.4, 0.5) is 4.39 Å². The number of carbonyl (C=O) groups excluding carboxylic acids is 1. The zero-order chi connectivity index (χ0) is 19.3. The molecule has 2 aliphatic heterocycles. The van der Waals surface area contributed by atoms with Crippen LogP contribution in [0.1, 0.15) is 18.4 Å². The Balaban J connectivity index is 0.00000210. The first-order chi connectivity index (χ1) is 13.1. The van der Waals surface area contributed by atoms with Crippen LogP contribution in [0.15, 0.2) is 18.2 Å². The van der Waals surface area contributed by atoms with Crippen LogP contribution in [0.2, 0.25) is 0 Å². The molecular formula is C20H32Cl2FN3O3. The number of rotatable bonds is 6. The second-order valence-corrected chi connectivity index (χ2v) is 7.50. The van der Waals surface area contributed by atoms with Gasteiger partial charge < -0.3 is 19.7 Å². The molecule has 2 saturated heterocycles. The summed E-state index contributed by atoms with van der Waals surface area (Å²) in [6.45, 7) is 5.87. The fourth-order valence-electron chi connectivity index (χ4n) is 4.11. The first-order valence-corrected chi connectivity index (χ1v) is 9.62. The topological polar surface area (TPSA) is 54.0 Å². The number of piperidine rings is 1. The molecule has 0 atom stereocenters. The molecule has 2 heterocycles. The standard InChI is InChI=1S/C20H30FN3O3.2ClH/c1-26-15-20(5-7-22-8-6-20)19(25)24-11-9-23(10-12-24)14-16-3-4-18(27-2)17(21)13-16;;/h3-4,13,22H,5-12,14-15H2,1-2H3;2*1H. The van der Waals surface area contributed by atoms with E-state index in [4.69, 9.17) is 9.47 Å². The summed E-state index contributed by atoms with van der Waals surface area (Å²) in [5.41, 5.74) is 0.531.